The number of terminal acetylenes is 1. The first-order valence-corrected chi connectivity index (χ1v) is 6.37. The zero-order chi connectivity index (χ0) is 12.8. The number of fused-ring (bicyclic) bond motifs is 1. The van der Waals surface area contributed by atoms with Crippen LogP contribution in [0.1, 0.15) is 31.5 Å². The number of hydrogen-bond acceptors (Lipinski definition) is 2. The average molecular weight is 238 g/mol. The van der Waals surface area contributed by atoms with Gasteiger partial charge in [0, 0.05) is 11.8 Å². The van der Waals surface area contributed by atoms with Crippen LogP contribution >= 0.6 is 0 Å². The van der Waals surface area contributed by atoms with E-state index in [2.05, 4.69) is 41.3 Å². The van der Waals surface area contributed by atoms with E-state index in [4.69, 9.17) is 6.42 Å². The van der Waals surface area contributed by atoms with Crippen molar-refractivity contribution in [2.75, 3.05) is 6.54 Å². The predicted molar refractivity (Wildman–Crippen MR) is 76.2 cm³/mol. The fourth-order valence-electron chi connectivity index (χ4n) is 1.99. The molecule has 0 radical (unpaired) electrons. The van der Waals surface area contributed by atoms with E-state index >= 15 is 0 Å². The van der Waals surface area contributed by atoms with Crippen LogP contribution in [0.5, 0.6) is 0 Å². The maximum Gasteiger partial charge on any atom is 0.0706 e. The normalized spacial score (nSPS) is 12.2. The molecule has 1 N–H and O–H groups in total. The standard InChI is InChI=1S/C16H18N2/c1-3-7-15(17-12-4-2)16-11-10-13-8-5-6-9-14(13)18-16/h1,5-6,8-11,15,17H,4,7,12H2,2H3. The molecule has 2 aromatic rings. The summed E-state index contributed by atoms with van der Waals surface area (Å²) in [5.74, 6) is 2.72. The lowest BCUT2D eigenvalue weighted by atomic mass is 10.1. The zero-order valence-corrected chi connectivity index (χ0v) is 10.7. The minimum absolute atomic E-state index is 0.152. The minimum atomic E-state index is 0.152. The van der Waals surface area contributed by atoms with Crippen LogP contribution in [0.25, 0.3) is 10.9 Å². The van der Waals surface area contributed by atoms with Crippen LogP contribution in [0.15, 0.2) is 36.4 Å². The van der Waals surface area contributed by atoms with E-state index in [1.807, 2.05) is 18.2 Å². The highest BCUT2D eigenvalue weighted by molar-refractivity contribution is 5.78. The van der Waals surface area contributed by atoms with Crippen molar-refractivity contribution in [1.29, 1.82) is 0 Å². The molecular formula is C16H18N2. The second-order valence-corrected chi connectivity index (χ2v) is 4.34. The Morgan fingerprint density at radius 3 is 2.89 bits per heavy atom. The fourth-order valence-corrected chi connectivity index (χ4v) is 1.99. The molecule has 1 aromatic carbocycles. The van der Waals surface area contributed by atoms with Gasteiger partial charge in [-0.05, 0) is 25.1 Å². The van der Waals surface area contributed by atoms with E-state index < -0.39 is 0 Å². The summed E-state index contributed by atoms with van der Waals surface area (Å²) in [6.07, 6.45) is 7.20. The number of nitrogens with one attached hydrogen (secondary N) is 1. The van der Waals surface area contributed by atoms with Crippen molar-refractivity contribution in [3.05, 3.63) is 42.1 Å². The third-order valence-electron chi connectivity index (χ3n) is 2.94. The molecule has 1 atom stereocenters. The quantitative estimate of drug-likeness (QED) is 0.808. The molecule has 0 saturated heterocycles. The lowest BCUT2D eigenvalue weighted by Crippen LogP contribution is -2.22. The third-order valence-corrected chi connectivity index (χ3v) is 2.94. The topological polar surface area (TPSA) is 24.9 Å². The highest BCUT2D eigenvalue weighted by Crippen LogP contribution is 2.18. The van der Waals surface area contributed by atoms with E-state index in [0.29, 0.717) is 6.42 Å². The van der Waals surface area contributed by atoms with Crippen LogP contribution in [-0.4, -0.2) is 11.5 Å². The summed E-state index contributed by atoms with van der Waals surface area (Å²) in [7, 11) is 0. The van der Waals surface area contributed by atoms with Crippen LogP contribution in [0.3, 0.4) is 0 Å². The summed E-state index contributed by atoms with van der Waals surface area (Å²) in [6, 6.07) is 12.5. The Labute approximate surface area is 108 Å². The van der Waals surface area contributed by atoms with Gasteiger partial charge >= 0.3 is 0 Å². The van der Waals surface area contributed by atoms with Gasteiger partial charge in [0.25, 0.3) is 0 Å². The molecule has 0 aliphatic rings. The van der Waals surface area contributed by atoms with Gasteiger partial charge in [0.05, 0.1) is 17.3 Å². The third kappa shape index (κ3) is 2.88. The van der Waals surface area contributed by atoms with Gasteiger partial charge in [-0.3, -0.25) is 4.98 Å². The van der Waals surface area contributed by atoms with E-state index in [1.165, 1.54) is 0 Å². The lowest BCUT2D eigenvalue weighted by Gasteiger charge is -2.15. The van der Waals surface area contributed by atoms with Gasteiger partial charge in [0.1, 0.15) is 0 Å². The molecule has 0 fully saturated rings. The van der Waals surface area contributed by atoms with Crippen molar-refractivity contribution in [2.24, 2.45) is 0 Å². The Balaban J connectivity index is 2.29. The van der Waals surface area contributed by atoms with Crippen molar-refractivity contribution >= 4 is 10.9 Å². The lowest BCUT2D eigenvalue weighted by molar-refractivity contribution is 0.532. The van der Waals surface area contributed by atoms with Crippen molar-refractivity contribution < 1.29 is 0 Å². The van der Waals surface area contributed by atoms with Crippen LogP contribution in [0.4, 0.5) is 0 Å². The number of pyridine rings is 1. The van der Waals surface area contributed by atoms with Gasteiger partial charge < -0.3 is 5.32 Å². The van der Waals surface area contributed by atoms with Crippen molar-refractivity contribution in [3.8, 4) is 12.3 Å². The van der Waals surface area contributed by atoms with Gasteiger partial charge in [-0.1, -0.05) is 31.2 Å². The molecule has 0 aliphatic heterocycles. The Morgan fingerprint density at radius 1 is 1.28 bits per heavy atom. The van der Waals surface area contributed by atoms with Gasteiger partial charge in [-0.15, -0.1) is 12.3 Å². The Bertz CT molecular complexity index is 554. The Kier molecular flexibility index (Phi) is 4.33. The first-order valence-electron chi connectivity index (χ1n) is 6.37. The molecule has 0 saturated carbocycles. The number of aromatic nitrogens is 1. The van der Waals surface area contributed by atoms with E-state index in [9.17, 15) is 0 Å². The van der Waals surface area contributed by atoms with E-state index in [1.54, 1.807) is 0 Å². The minimum Gasteiger partial charge on any atom is -0.308 e. The maximum absolute atomic E-state index is 5.43. The largest absolute Gasteiger partial charge is 0.308 e. The van der Waals surface area contributed by atoms with Gasteiger partial charge in [-0.25, -0.2) is 0 Å². The summed E-state index contributed by atoms with van der Waals surface area (Å²) in [5, 5.41) is 4.61. The highest BCUT2D eigenvalue weighted by Gasteiger charge is 2.11. The molecule has 2 heteroatoms. The molecule has 0 spiro atoms. The number of rotatable bonds is 5. The van der Waals surface area contributed by atoms with Crippen molar-refractivity contribution in [2.45, 2.75) is 25.8 Å². The second kappa shape index (κ2) is 6.18. The number of hydrogen-bond donors (Lipinski definition) is 1. The monoisotopic (exact) mass is 238 g/mol. The summed E-state index contributed by atoms with van der Waals surface area (Å²) < 4.78 is 0. The van der Waals surface area contributed by atoms with Gasteiger partial charge in [0.15, 0.2) is 0 Å². The maximum atomic E-state index is 5.43. The van der Waals surface area contributed by atoms with Gasteiger partial charge in [0.2, 0.25) is 0 Å². The molecule has 0 bridgehead atoms. The van der Waals surface area contributed by atoms with E-state index in [0.717, 1.165) is 29.6 Å². The number of benzene rings is 1. The SMILES string of the molecule is C#CCC(NCCC)c1ccc2ccccc2n1. The summed E-state index contributed by atoms with van der Waals surface area (Å²) in [6.45, 7) is 3.11. The predicted octanol–water partition coefficient (Wildman–Crippen LogP) is 3.30. The zero-order valence-electron chi connectivity index (χ0n) is 10.7. The summed E-state index contributed by atoms with van der Waals surface area (Å²) >= 11 is 0. The van der Waals surface area contributed by atoms with E-state index in [-0.39, 0.29) is 6.04 Å². The fraction of sp³-hybridized carbons (Fsp3) is 0.312. The summed E-state index contributed by atoms with van der Waals surface area (Å²) in [4.78, 5) is 4.69. The smallest absolute Gasteiger partial charge is 0.0706 e. The summed E-state index contributed by atoms with van der Waals surface area (Å²) in [5.41, 5.74) is 2.05. The molecule has 0 amide bonds. The number of para-hydroxylation sites is 1. The molecule has 92 valence electrons. The van der Waals surface area contributed by atoms with Crippen molar-refractivity contribution in [3.63, 3.8) is 0 Å². The second-order valence-electron chi connectivity index (χ2n) is 4.34. The van der Waals surface area contributed by atoms with Crippen LogP contribution < -0.4 is 5.32 Å². The van der Waals surface area contributed by atoms with Crippen molar-refractivity contribution in [1.82, 2.24) is 10.3 Å². The molecule has 18 heavy (non-hydrogen) atoms. The first-order chi connectivity index (χ1) is 8.85. The average Bonchev–Trinajstić information content (AvgIpc) is 2.43. The van der Waals surface area contributed by atoms with Gasteiger partial charge in [-0.2, -0.15) is 0 Å². The number of nitrogens with zero attached hydrogens (tertiary/aromatic N) is 1. The Morgan fingerprint density at radius 2 is 2.11 bits per heavy atom. The highest BCUT2D eigenvalue weighted by atomic mass is 14.9. The van der Waals surface area contributed by atoms with Crippen LogP contribution in [0.2, 0.25) is 0 Å². The molecule has 1 aromatic heterocycles. The molecule has 2 nitrogen and oxygen atoms in total. The molecular weight excluding hydrogens is 220 g/mol. The molecule has 2 rings (SSSR count). The molecule has 1 heterocycles. The first kappa shape index (κ1) is 12.6. The molecule has 0 aliphatic carbocycles. The molecule has 1 unspecified atom stereocenters. The van der Waals surface area contributed by atoms with Crippen LogP contribution in [-0.2, 0) is 0 Å². The Hall–Kier alpha value is -1.85. The van der Waals surface area contributed by atoms with Crippen LogP contribution in [0, 0.1) is 12.3 Å².